The number of carbonyl (C=O) groups is 2. The lowest BCUT2D eigenvalue weighted by Crippen LogP contribution is -2.36. The van der Waals surface area contributed by atoms with Gasteiger partial charge in [-0.1, -0.05) is 24.3 Å². The fraction of sp³-hybridized carbons (Fsp3) is 0.300. The zero-order chi connectivity index (χ0) is 18.4. The van der Waals surface area contributed by atoms with E-state index in [1.807, 2.05) is 24.3 Å². The van der Waals surface area contributed by atoms with Crippen LogP contribution in [0.4, 0.5) is 11.4 Å². The molecule has 1 amide bonds. The van der Waals surface area contributed by atoms with Crippen LogP contribution in [0.5, 0.6) is 0 Å². The predicted octanol–water partition coefficient (Wildman–Crippen LogP) is 2.49. The fourth-order valence-corrected chi connectivity index (χ4v) is 2.91. The maximum Gasteiger partial charge on any atom is 0.339 e. The van der Waals surface area contributed by atoms with Crippen LogP contribution in [0.15, 0.2) is 48.5 Å². The smallest absolute Gasteiger partial charge is 0.339 e. The van der Waals surface area contributed by atoms with Crippen molar-refractivity contribution in [2.45, 2.75) is 6.42 Å². The molecule has 0 radical (unpaired) electrons. The standard InChI is InChI=1S/C20H22N2O4/c1-25-20(24)17-4-2-3-5-18(17)21-19(23)14-15-6-8-16(9-7-15)22-10-12-26-13-11-22/h2-9H,10-14H2,1H3,(H,21,23). The maximum atomic E-state index is 12.3. The van der Waals surface area contributed by atoms with Crippen molar-refractivity contribution in [1.29, 1.82) is 0 Å². The van der Waals surface area contributed by atoms with Crippen molar-refractivity contribution in [3.05, 3.63) is 59.7 Å². The van der Waals surface area contributed by atoms with Gasteiger partial charge in [0.05, 0.1) is 38.0 Å². The molecular formula is C20H22N2O4. The summed E-state index contributed by atoms with van der Waals surface area (Å²) in [4.78, 5) is 26.4. The molecule has 0 saturated carbocycles. The van der Waals surface area contributed by atoms with E-state index in [2.05, 4.69) is 10.2 Å². The van der Waals surface area contributed by atoms with Crippen molar-refractivity contribution in [3.63, 3.8) is 0 Å². The van der Waals surface area contributed by atoms with Gasteiger partial charge in [-0.05, 0) is 29.8 Å². The molecule has 0 spiro atoms. The number of benzene rings is 2. The molecule has 6 heteroatoms. The average Bonchev–Trinajstić information content (AvgIpc) is 2.69. The van der Waals surface area contributed by atoms with Gasteiger partial charge in [0.15, 0.2) is 0 Å². The van der Waals surface area contributed by atoms with Crippen LogP contribution in [0.3, 0.4) is 0 Å². The zero-order valence-corrected chi connectivity index (χ0v) is 14.7. The first-order valence-corrected chi connectivity index (χ1v) is 8.56. The van der Waals surface area contributed by atoms with Crippen LogP contribution in [0.25, 0.3) is 0 Å². The second-order valence-electron chi connectivity index (χ2n) is 6.03. The molecule has 0 aliphatic carbocycles. The van der Waals surface area contributed by atoms with E-state index in [-0.39, 0.29) is 12.3 Å². The van der Waals surface area contributed by atoms with Gasteiger partial charge in [0.25, 0.3) is 0 Å². The average molecular weight is 354 g/mol. The third-order valence-electron chi connectivity index (χ3n) is 4.28. The third-order valence-corrected chi connectivity index (χ3v) is 4.28. The molecule has 0 unspecified atom stereocenters. The highest BCUT2D eigenvalue weighted by molar-refractivity contribution is 6.01. The van der Waals surface area contributed by atoms with Gasteiger partial charge in [0.2, 0.25) is 5.91 Å². The van der Waals surface area contributed by atoms with Crippen LogP contribution in [0, 0.1) is 0 Å². The van der Waals surface area contributed by atoms with E-state index < -0.39 is 5.97 Å². The number of nitrogens with zero attached hydrogens (tertiary/aromatic N) is 1. The SMILES string of the molecule is COC(=O)c1ccccc1NC(=O)Cc1ccc(N2CCOCC2)cc1. The summed E-state index contributed by atoms with van der Waals surface area (Å²) in [5.41, 5.74) is 2.84. The Balaban J connectivity index is 1.62. The van der Waals surface area contributed by atoms with E-state index in [1.54, 1.807) is 24.3 Å². The molecule has 1 saturated heterocycles. The van der Waals surface area contributed by atoms with Gasteiger partial charge >= 0.3 is 5.97 Å². The second kappa shape index (κ2) is 8.49. The summed E-state index contributed by atoms with van der Waals surface area (Å²) in [7, 11) is 1.32. The number of hydrogen-bond acceptors (Lipinski definition) is 5. The molecule has 0 bridgehead atoms. The molecular weight excluding hydrogens is 332 g/mol. The van der Waals surface area contributed by atoms with Crippen LogP contribution >= 0.6 is 0 Å². The Morgan fingerprint density at radius 1 is 1.08 bits per heavy atom. The van der Waals surface area contributed by atoms with Gasteiger partial charge in [-0.25, -0.2) is 4.79 Å². The summed E-state index contributed by atoms with van der Waals surface area (Å²) in [6.45, 7) is 3.24. The van der Waals surface area contributed by atoms with E-state index in [1.165, 1.54) is 7.11 Å². The van der Waals surface area contributed by atoms with Crippen LogP contribution in [-0.4, -0.2) is 45.3 Å². The first-order chi connectivity index (χ1) is 12.7. The van der Waals surface area contributed by atoms with Gasteiger partial charge in [-0.2, -0.15) is 0 Å². The van der Waals surface area contributed by atoms with Crippen LogP contribution < -0.4 is 10.2 Å². The Hall–Kier alpha value is -2.86. The first kappa shape index (κ1) is 17.9. The lowest BCUT2D eigenvalue weighted by molar-refractivity contribution is -0.115. The van der Waals surface area contributed by atoms with Gasteiger partial charge in [-0.3, -0.25) is 4.79 Å². The first-order valence-electron chi connectivity index (χ1n) is 8.56. The van der Waals surface area contributed by atoms with Gasteiger partial charge in [0, 0.05) is 18.8 Å². The highest BCUT2D eigenvalue weighted by Gasteiger charge is 2.14. The van der Waals surface area contributed by atoms with Gasteiger partial charge in [-0.15, -0.1) is 0 Å². The van der Waals surface area contributed by atoms with Crippen molar-refractivity contribution in [2.24, 2.45) is 0 Å². The topological polar surface area (TPSA) is 67.9 Å². The fourth-order valence-electron chi connectivity index (χ4n) is 2.91. The number of hydrogen-bond donors (Lipinski definition) is 1. The highest BCUT2D eigenvalue weighted by Crippen LogP contribution is 2.19. The Kier molecular flexibility index (Phi) is 5.86. The molecule has 26 heavy (non-hydrogen) atoms. The second-order valence-corrected chi connectivity index (χ2v) is 6.03. The molecule has 1 heterocycles. The zero-order valence-electron chi connectivity index (χ0n) is 14.7. The number of rotatable bonds is 5. The monoisotopic (exact) mass is 354 g/mol. The minimum Gasteiger partial charge on any atom is -0.465 e. The molecule has 1 aliphatic heterocycles. The number of nitrogens with one attached hydrogen (secondary N) is 1. The molecule has 2 aromatic rings. The van der Waals surface area contributed by atoms with E-state index in [9.17, 15) is 9.59 Å². The molecule has 2 aromatic carbocycles. The molecule has 1 N–H and O–H groups in total. The number of para-hydroxylation sites is 1. The van der Waals surface area contributed by atoms with Crippen molar-refractivity contribution < 1.29 is 19.1 Å². The largest absolute Gasteiger partial charge is 0.465 e. The Morgan fingerprint density at radius 2 is 1.77 bits per heavy atom. The molecule has 6 nitrogen and oxygen atoms in total. The molecule has 0 aromatic heterocycles. The lowest BCUT2D eigenvalue weighted by Gasteiger charge is -2.28. The van der Waals surface area contributed by atoms with E-state index in [0.717, 1.165) is 37.6 Å². The number of esters is 1. The lowest BCUT2D eigenvalue weighted by atomic mass is 10.1. The van der Waals surface area contributed by atoms with Crippen molar-refractivity contribution in [2.75, 3.05) is 43.6 Å². The van der Waals surface area contributed by atoms with Crippen LogP contribution in [-0.2, 0) is 20.7 Å². The third kappa shape index (κ3) is 4.40. The Labute approximate surface area is 152 Å². The van der Waals surface area contributed by atoms with Crippen molar-refractivity contribution >= 4 is 23.3 Å². The number of anilines is 2. The Bertz CT molecular complexity index is 768. The predicted molar refractivity (Wildman–Crippen MR) is 99.6 cm³/mol. The molecule has 0 atom stereocenters. The molecule has 1 fully saturated rings. The summed E-state index contributed by atoms with van der Waals surface area (Å²) < 4.78 is 10.1. The summed E-state index contributed by atoms with van der Waals surface area (Å²) in [5.74, 6) is -0.656. The maximum absolute atomic E-state index is 12.3. The van der Waals surface area contributed by atoms with E-state index >= 15 is 0 Å². The Morgan fingerprint density at radius 3 is 2.46 bits per heavy atom. The number of ether oxygens (including phenoxy) is 2. The van der Waals surface area contributed by atoms with E-state index in [4.69, 9.17) is 9.47 Å². The number of methoxy groups -OCH3 is 1. The van der Waals surface area contributed by atoms with Gasteiger partial charge in [0.1, 0.15) is 0 Å². The quantitative estimate of drug-likeness (QED) is 0.836. The minimum absolute atomic E-state index is 0.180. The van der Waals surface area contributed by atoms with Crippen LogP contribution in [0.2, 0.25) is 0 Å². The summed E-state index contributed by atoms with van der Waals surface area (Å²) in [5, 5.41) is 2.79. The number of amides is 1. The highest BCUT2D eigenvalue weighted by atomic mass is 16.5. The number of carbonyl (C=O) groups excluding carboxylic acids is 2. The van der Waals surface area contributed by atoms with Gasteiger partial charge < -0.3 is 19.7 Å². The van der Waals surface area contributed by atoms with Crippen molar-refractivity contribution in [1.82, 2.24) is 0 Å². The molecule has 136 valence electrons. The molecule has 3 rings (SSSR count). The summed E-state index contributed by atoms with van der Waals surface area (Å²) >= 11 is 0. The van der Waals surface area contributed by atoms with Crippen LogP contribution in [0.1, 0.15) is 15.9 Å². The number of morpholine rings is 1. The molecule has 1 aliphatic rings. The van der Waals surface area contributed by atoms with Crippen molar-refractivity contribution in [3.8, 4) is 0 Å². The van der Waals surface area contributed by atoms with E-state index in [0.29, 0.717) is 11.3 Å². The minimum atomic E-state index is -0.476. The summed E-state index contributed by atoms with van der Waals surface area (Å²) in [6.07, 6.45) is 0.235. The normalized spacial score (nSPS) is 14.0. The summed E-state index contributed by atoms with van der Waals surface area (Å²) in [6, 6.07) is 14.8.